The highest BCUT2D eigenvalue weighted by Crippen LogP contribution is 2.13. The fourth-order valence-electron chi connectivity index (χ4n) is 1.45. The van der Waals surface area contributed by atoms with Crippen LogP contribution >= 0.6 is 11.6 Å². The predicted octanol–water partition coefficient (Wildman–Crippen LogP) is 0.696. The van der Waals surface area contributed by atoms with Gasteiger partial charge in [-0.2, -0.15) is 0 Å². The molecule has 4 nitrogen and oxygen atoms in total. The Morgan fingerprint density at radius 2 is 2.07 bits per heavy atom. The molecule has 0 fully saturated rings. The lowest BCUT2D eigenvalue weighted by Gasteiger charge is -2.04. The molecular weight excluding hydrogens is 214 g/mol. The normalized spacial score (nSPS) is 19.9. The molecule has 5 heteroatoms. The first-order valence-corrected chi connectivity index (χ1v) is 4.91. The number of amides is 1. The van der Waals surface area contributed by atoms with Gasteiger partial charge in [0.25, 0.3) is 5.91 Å². The van der Waals surface area contributed by atoms with Gasteiger partial charge in [0.2, 0.25) is 0 Å². The van der Waals surface area contributed by atoms with Crippen molar-refractivity contribution in [3.8, 4) is 0 Å². The van der Waals surface area contributed by atoms with Gasteiger partial charge in [-0.25, -0.2) is 4.99 Å². The molecule has 0 radical (unpaired) electrons. The monoisotopic (exact) mass is 223 g/mol. The standard InChI is InChI=1S/C10H10ClN3O/c11-7-3-1-6(2-4-7)5-8-9(15)14-10(12)13-8/h1-4,8H,5H2,(H3,12,13,14,15). The van der Waals surface area contributed by atoms with Crippen molar-refractivity contribution in [3.05, 3.63) is 34.9 Å². The molecule has 1 aromatic rings. The lowest BCUT2D eigenvalue weighted by molar-refractivity contribution is -0.120. The van der Waals surface area contributed by atoms with Gasteiger partial charge in [0.05, 0.1) is 0 Å². The Labute approximate surface area is 92.1 Å². The summed E-state index contributed by atoms with van der Waals surface area (Å²) in [6, 6.07) is 6.92. The number of nitrogens with zero attached hydrogens (tertiary/aromatic N) is 1. The third-order valence-electron chi connectivity index (χ3n) is 2.19. The van der Waals surface area contributed by atoms with Crippen LogP contribution < -0.4 is 11.1 Å². The number of hydrogen-bond acceptors (Lipinski definition) is 3. The van der Waals surface area contributed by atoms with Crippen LogP contribution in [0.15, 0.2) is 29.3 Å². The number of aliphatic imine (C=N–C) groups is 1. The molecule has 15 heavy (non-hydrogen) atoms. The second-order valence-corrected chi connectivity index (χ2v) is 3.79. The van der Waals surface area contributed by atoms with Crippen molar-refractivity contribution in [1.82, 2.24) is 5.32 Å². The van der Waals surface area contributed by atoms with Crippen LogP contribution in [0.1, 0.15) is 5.56 Å². The van der Waals surface area contributed by atoms with Gasteiger partial charge in [0.1, 0.15) is 6.04 Å². The Balaban J connectivity index is 2.09. The molecule has 3 N–H and O–H groups in total. The molecule has 1 aromatic carbocycles. The number of carbonyl (C=O) groups is 1. The fraction of sp³-hybridized carbons (Fsp3) is 0.200. The molecule has 1 amide bonds. The summed E-state index contributed by atoms with van der Waals surface area (Å²) in [4.78, 5) is 15.3. The summed E-state index contributed by atoms with van der Waals surface area (Å²) in [5, 5.41) is 3.14. The second kappa shape index (κ2) is 3.90. The smallest absolute Gasteiger partial charge is 0.251 e. The van der Waals surface area contributed by atoms with Crippen molar-refractivity contribution < 1.29 is 4.79 Å². The summed E-state index contributed by atoms with van der Waals surface area (Å²) < 4.78 is 0. The van der Waals surface area contributed by atoms with E-state index in [1.54, 1.807) is 12.1 Å². The SMILES string of the molecule is NC1=NC(Cc2ccc(Cl)cc2)C(=O)N1. The van der Waals surface area contributed by atoms with Gasteiger partial charge < -0.3 is 5.73 Å². The van der Waals surface area contributed by atoms with Crippen LogP contribution in [-0.4, -0.2) is 17.9 Å². The number of nitrogens with two attached hydrogens (primary N) is 1. The van der Waals surface area contributed by atoms with Crippen molar-refractivity contribution >= 4 is 23.5 Å². The van der Waals surface area contributed by atoms with E-state index >= 15 is 0 Å². The zero-order valence-electron chi connectivity index (χ0n) is 7.90. The first-order chi connectivity index (χ1) is 7.15. The minimum Gasteiger partial charge on any atom is -0.370 e. The molecule has 1 atom stereocenters. The van der Waals surface area contributed by atoms with E-state index < -0.39 is 6.04 Å². The first kappa shape index (κ1) is 9.98. The number of carbonyl (C=O) groups excluding carboxylic acids is 1. The molecule has 1 aliphatic heterocycles. The molecule has 0 spiro atoms. The lowest BCUT2D eigenvalue weighted by Crippen LogP contribution is -2.33. The number of nitrogens with one attached hydrogen (secondary N) is 1. The summed E-state index contributed by atoms with van der Waals surface area (Å²) in [7, 11) is 0. The van der Waals surface area contributed by atoms with E-state index in [4.69, 9.17) is 17.3 Å². The van der Waals surface area contributed by atoms with E-state index in [0.717, 1.165) is 5.56 Å². The molecule has 1 heterocycles. The maximum atomic E-state index is 11.3. The number of benzene rings is 1. The Morgan fingerprint density at radius 1 is 1.40 bits per heavy atom. The summed E-state index contributed by atoms with van der Waals surface area (Å²) in [5.74, 6) is 0.0430. The third kappa shape index (κ3) is 2.27. The van der Waals surface area contributed by atoms with Gasteiger partial charge in [0.15, 0.2) is 5.96 Å². The summed E-state index contributed by atoms with van der Waals surface area (Å²) in [6.45, 7) is 0. The minimum atomic E-state index is -0.411. The van der Waals surface area contributed by atoms with Crippen LogP contribution in [-0.2, 0) is 11.2 Å². The number of guanidine groups is 1. The van der Waals surface area contributed by atoms with Crippen molar-refractivity contribution in [1.29, 1.82) is 0 Å². The molecule has 1 aliphatic rings. The summed E-state index contributed by atoms with van der Waals surface area (Å²) in [5.41, 5.74) is 6.40. The van der Waals surface area contributed by atoms with Gasteiger partial charge in [0, 0.05) is 11.4 Å². The largest absolute Gasteiger partial charge is 0.370 e. The van der Waals surface area contributed by atoms with Crippen molar-refractivity contribution in [3.63, 3.8) is 0 Å². The maximum Gasteiger partial charge on any atom is 0.251 e. The third-order valence-corrected chi connectivity index (χ3v) is 2.44. The Kier molecular flexibility index (Phi) is 2.60. The van der Waals surface area contributed by atoms with E-state index in [1.807, 2.05) is 12.1 Å². The van der Waals surface area contributed by atoms with Crippen LogP contribution in [0, 0.1) is 0 Å². The highest BCUT2D eigenvalue weighted by Gasteiger charge is 2.24. The van der Waals surface area contributed by atoms with E-state index in [0.29, 0.717) is 11.4 Å². The molecular formula is C10H10ClN3O. The lowest BCUT2D eigenvalue weighted by atomic mass is 10.1. The number of halogens is 1. The molecule has 0 bridgehead atoms. The molecule has 2 rings (SSSR count). The Hall–Kier alpha value is -1.55. The Morgan fingerprint density at radius 3 is 2.60 bits per heavy atom. The van der Waals surface area contributed by atoms with Crippen LogP contribution in [0.3, 0.4) is 0 Å². The van der Waals surface area contributed by atoms with E-state index in [-0.39, 0.29) is 11.9 Å². The second-order valence-electron chi connectivity index (χ2n) is 3.35. The zero-order valence-corrected chi connectivity index (χ0v) is 8.66. The van der Waals surface area contributed by atoms with Crippen molar-refractivity contribution in [2.24, 2.45) is 10.7 Å². The highest BCUT2D eigenvalue weighted by molar-refractivity contribution is 6.30. The topological polar surface area (TPSA) is 67.5 Å². The number of rotatable bonds is 2. The van der Waals surface area contributed by atoms with Crippen LogP contribution in [0.4, 0.5) is 0 Å². The van der Waals surface area contributed by atoms with Gasteiger partial charge >= 0.3 is 0 Å². The minimum absolute atomic E-state index is 0.151. The van der Waals surface area contributed by atoms with E-state index in [9.17, 15) is 4.79 Å². The molecule has 1 unspecified atom stereocenters. The summed E-state index contributed by atoms with van der Waals surface area (Å²) in [6.07, 6.45) is 0.545. The average Bonchev–Trinajstić information content (AvgIpc) is 2.49. The molecule has 0 aliphatic carbocycles. The van der Waals surface area contributed by atoms with Gasteiger partial charge in [-0.1, -0.05) is 23.7 Å². The van der Waals surface area contributed by atoms with Gasteiger partial charge in [-0.3, -0.25) is 10.1 Å². The van der Waals surface area contributed by atoms with Crippen LogP contribution in [0.2, 0.25) is 5.02 Å². The zero-order chi connectivity index (χ0) is 10.8. The van der Waals surface area contributed by atoms with Crippen molar-refractivity contribution in [2.75, 3.05) is 0 Å². The van der Waals surface area contributed by atoms with E-state index in [2.05, 4.69) is 10.3 Å². The van der Waals surface area contributed by atoms with Gasteiger partial charge in [-0.15, -0.1) is 0 Å². The van der Waals surface area contributed by atoms with Crippen molar-refractivity contribution in [2.45, 2.75) is 12.5 Å². The molecule has 0 saturated heterocycles. The van der Waals surface area contributed by atoms with Crippen LogP contribution in [0.25, 0.3) is 0 Å². The number of hydrogen-bond donors (Lipinski definition) is 2. The molecule has 78 valence electrons. The predicted molar refractivity (Wildman–Crippen MR) is 58.7 cm³/mol. The van der Waals surface area contributed by atoms with E-state index in [1.165, 1.54) is 0 Å². The Bertz CT molecular complexity index is 413. The molecule has 0 saturated carbocycles. The van der Waals surface area contributed by atoms with Gasteiger partial charge in [-0.05, 0) is 17.7 Å². The quantitative estimate of drug-likeness (QED) is 0.775. The van der Waals surface area contributed by atoms with Crippen LogP contribution in [0.5, 0.6) is 0 Å². The highest BCUT2D eigenvalue weighted by atomic mass is 35.5. The first-order valence-electron chi connectivity index (χ1n) is 4.54. The average molecular weight is 224 g/mol. The summed E-state index contributed by atoms with van der Waals surface area (Å²) >= 11 is 5.75. The fourth-order valence-corrected chi connectivity index (χ4v) is 1.58. The molecule has 0 aromatic heterocycles. The maximum absolute atomic E-state index is 11.3.